The van der Waals surface area contributed by atoms with Gasteiger partial charge in [0.25, 0.3) is 5.56 Å². The largest absolute Gasteiger partial charge is 0.462 e. The van der Waals surface area contributed by atoms with Crippen LogP contribution in [0.15, 0.2) is 65.5 Å². The standard InChI is InChI=1S/C43H48N6O13/c1-6-43(27-16-30-33-23(15-22-9-7-8-10-28(22)46-33)18-49(30)38(54)26(27)19-59-41(43)56)62-39(55)32(20(2)3)48-37(53)29(17-31(44)50)47-42(57)45-24-11-13-25(14-12-24)61-40-35(52)36(58-5)34(51)21(4)60-40/h7-16,20-21,29,32,34-36,40,51-52H,6,17-19H2,1-5H3,(H2,44,50)(H,48,53)(H2,45,47,57)/t21-,29-,32-,34+,35-,36+,40+,43-/m0/s1. The molecular formula is C43H48N6O13. The van der Waals surface area contributed by atoms with Crippen molar-refractivity contribution in [2.45, 2.75) is 102 Å². The average molecular weight is 857 g/mol. The molecule has 0 saturated carbocycles. The van der Waals surface area contributed by atoms with Gasteiger partial charge in [-0.25, -0.2) is 19.4 Å². The van der Waals surface area contributed by atoms with Gasteiger partial charge in [0.2, 0.25) is 23.7 Å². The van der Waals surface area contributed by atoms with Gasteiger partial charge in [-0.15, -0.1) is 0 Å². The third kappa shape index (κ3) is 8.31. The van der Waals surface area contributed by atoms with E-state index in [0.717, 1.165) is 10.9 Å². The summed E-state index contributed by atoms with van der Waals surface area (Å²) < 4.78 is 29.6. The molecule has 62 heavy (non-hydrogen) atoms. The summed E-state index contributed by atoms with van der Waals surface area (Å²) in [5, 5.41) is 29.2. The number of rotatable bonds is 13. The second-order valence-corrected chi connectivity index (χ2v) is 15.8. The number of hydrogen-bond acceptors (Lipinski definition) is 14. The van der Waals surface area contributed by atoms with Crippen LogP contribution in [-0.2, 0) is 56.9 Å². The lowest BCUT2D eigenvalue weighted by atomic mass is 9.85. The van der Waals surface area contributed by atoms with E-state index in [4.69, 9.17) is 34.4 Å². The highest BCUT2D eigenvalue weighted by atomic mass is 16.7. The monoisotopic (exact) mass is 856 g/mol. The molecule has 8 atom stereocenters. The van der Waals surface area contributed by atoms with E-state index in [2.05, 4.69) is 16.0 Å². The highest BCUT2D eigenvalue weighted by Crippen LogP contribution is 2.41. The lowest BCUT2D eigenvalue weighted by Crippen LogP contribution is -2.59. The Labute approximate surface area is 354 Å². The molecule has 3 aliphatic rings. The van der Waals surface area contributed by atoms with Crippen molar-refractivity contribution in [2.75, 3.05) is 12.4 Å². The molecule has 4 aromatic rings. The average Bonchev–Trinajstić information content (AvgIpc) is 3.59. The molecule has 1 fully saturated rings. The Balaban J connectivity index is 1.06. The first-order valence-corrected chi connectivity index (χ1v) is 20.1. The first kappa shape index (κ1) is 43.7. The SMILES string of the molecule is CC[C@@]1(OC(=O)[C@@H](NC(=O)[C@H](CC(N)=O)NC(=O)Nc2ccc(O[C@H]3O[C@@H](C)[C@@H](O)[C@@H](OC)[C@@H]3O)cc2)C(C)C)C(=O)OCc2c1cc1n(c2=O)Cc2cc3ccccc3nc2-1. The Bertz CT molecular complexity index is 2470. The Morgan fingerprint density at radius 1 is 1.03 bits per heavy atom. The van der Waals surface area contributed by atoms with E-state index in [0.29, 0.717) is 16.9 Å². The van der Waals surface area contributed by atoms with Crippen LogP contribution >= 0.6 is 0 Å². The smallest absolute Gasteiger partial charge is 0.355 e. The normalized spacial score (nSPS) is 23.5. The van der Waals surface area contributed by atoms with E-state index in [1.807, 2.05) is 30.3 Å². The minimum atomic E-state index is -2.07. The van der Waals surface area contributed by atoms with Crippen LogP contribution in [0.2, 0.25) is 0 Å². The number of nitrogens with one attached hydrogen (secondary N) is 3. The molecular weight excluding hydrogens is 809 g/mol. The fourth-order valence-electron chi connectivity index (χ4n) is 7.93. The number of nitrogens with two attached hydrogens (primary N) is 1. The van der Waals surface area contributed by atoms with Gasteiger partial charge < -0.3 is 60.1 Å². The highest BCUT2D eigenvalue weighted by Gasteiger charge is 2.52. The summed E-state index contributed by atoms with van der Waals surface area (Å²) in [6.45, 7) is 6.33. The summed E-state index contributed by atoms with van der Waals surface area (Å²) in [4.78, 5) is 85.6. The molecule has 7 rings (SSSR count). The number of aromatic nitrogens is 2. The highest BCUT2D eigenvalue weighted by molar-refractivity contribution is 5.97. The van der Waals surface area contributed by atoms with Crippen molar-refractivity contribution in [3.05, 3.63) is 87.7 Å². The second kappa shape index (κ2) is 17.5. The maximum Gasteiger partial charge on any atom is 0.355 e. The minimum Gasteiger partial charge on any atom is -0.462 e. The number of benzene rings is 2. The number of cyclic esters (lactones) is 1. The molecule has 1 saturated heterocycles. The van der Waals surface area contributed by atoms with Gasteiger partial charge in [0.05, 0.1) is 41.5 Å². The first-order valence-electron chi connectivity index (χ1n) is 20.1. The fourth-order valence-corrected chi connectivity index (χ4v) is 7.93. The number of urea groups is 1. The van der Waals surface area contributed by atoms with Crippen LogP contribution in [0.25, 0.3) is 22.3 Å². The van der Waals surface area contributed by atoms with Gasteiger partial charge in [-0.05, 0) is 61.7 Å². The van der Waals surface area contributed by atoms with E-state index < -0.39 is 96.1 Å². The molecule has 2 aromatic carbocycles. The first-order chi connectivity index (χ1) is 29.5. The van der Waals surface area contributed by atoms with Gasteiger partial charge in [0.15, 0.2) is 0 Å². The lowest BCUT2D eigenvalue weighted by Gasteiger charge is -2.40. The number of hydrogen-bond donors (Lipinski definition) is 6. The van der Waals surface area contributed by atoms with E-state index >= 15 is 0 Å². The molecule has 0 aliphatic carbocycles. The van der Waals surface area contributed by atoms with Crippen LogP contribution in [0.5, 0.6) is 5.75 Å². The Morgan fingerprint density at radius 2 is 1.76 bits per heavy atom. The summed E-state index contributed by atoms with van der Waals surface area (Å²) in [6, 6.07) is 13.1. The number of aliphatic hydroxyl groups is 2. The van der Waals surface area contributed by atoms with Crippen molar-refractivity contribution >= 4 is 46.4 Å². The summed E-state index contributed by atoms with van der Waals surface area (Å²) >= 11 is 0. The van der Waals surface area contributed by atoms with Gasteiger partial charge >= 0.3 is 18.0 Å². The van der Waals surface area contributed by atoms with Crippen LogP contribution in [-0.4, -0.2) is 99.4 Å². The van der Waals surface area contributed by atoms with E-state index in [1.54, 1.807) is 38.3 Å². The Kier molecular flexibility index (Phi) is 12.3. The zero-order chi connectivity index (χ0) is 44.6. The molecule has 2 aromatic heterocycles. The zero-order valence-electron chi connectivity index (χ0n) is 34.6. The van der Waals surface area contributed by atoms with Crippen LogP contribution in [0.3, 0.4) is 0 Å². The molecule has 0 spiro atoms. The molecule has 3 aliphatic heterocycles. The van der Waals surface area contributed by atoms with E-state index in [9.17, 15) is 39.0 Å². The Hall–Kier alpha value is -6.41. The Morgan fingerprint density at radius 3 is 2.44 bits per heavy atom. The van der Waals surface area contributed by atoms with Crippen LogP contribution in [0.1, 0.15) is 57.2 Å². The third-order valence-corrected chi connectivity index (χ3v) is 11.3. The van der Waals surface area contributed by atoms with Crippen molar-refractivity contribution in [1.29, 1.82) is 0 Å². The van der Waals surface area contributed by atoms with Crippen molar-refractivity contribution in [2.24, 2.45) is 11.7 Å². The van der Waals surface area contributed by atoms with E-state index in [1.165, 1.54) is 31.4 Å². The molecule has 0 radical (unpaired) electrons. The van der Waals surface area contributed by atoms with Crippen LogP contribution in [0.4, 0.5) is 10.5 Å². The van der Waals surface area contributed by atoms with E-state index in [-0.39, 0.29) is 42.1 Å². The summed E-state index contributed by atoms with van der Waals surface area (Å²) in [5.41, 5.74) is 5.98. The molecule has 7 N–H and O–H groups in total. The zero-order valence-corrected chi connectivity index (χ0v) is 34.6. The number of anilines is 1. The summed E-state index contributed by atoms with van der Waals surface area (Å²) in [7, 11) is 1.34. The van der Waals surface area contributed by atoms with Crippen LogP contribution < -0.4 is 32.0 Å². The molecule has 0 unspecified atom stereocenters. The number of carbonyl (C=O) groups is 5. The number of aliphatic hydroxyl groups excluding tert-OH is 2. The lowest BCUT2D eigenvalue weighted by molar-refractivity contribution is -0.272. The van der Waals surface area contributed by atoms with Crippen molar-refractivity contribution in [1.82, 2.24) is 20.2 Å². The fraction of sp³-hybridized carbons (Fsp3) is 0.419. The number of fused-ring (bicyclic) bond motifs is 5. The number of esters is 2. The topological polar surface area (TPSA) is 269 Å². The summed E-state index contributed by atoms with van der Waals surface area (Å²) in [5.74, 6) is -4.23. The molecule has 19 nitrogen and oxygen atoms in total. The number of para-hydroxylation sites is 1. The maximum absolute atomic E-state index is 14.1. The molecule has 328 valence electrons. The van der Waals surface area contributed by atoms with Gasteiger partial charge in [0, 0.05) is 29.3 Å². The van der Waals surface area contributed by atoms with Crippen molar-refractivity contribution in [3.63, 3.8) is 0 Å². The number of ether oxygens (including phenoxy) is 5. The number of nitrogens with zero attached hydrogens (tertiary/aromatic N) is 2. The maximum atomic E-state index is 14.1. The van der Waals surface area contributed by atoms with Gasteiger partial charge in [-0.1, -0.05) is 39.0 Å². The quantitative estimate of drug-likeness (QED) is 0.0921. The van der Waals surface area contributed by atoms with Crippen LogP contribution in [0, 0.1) is 5.92 Å². The number of primary amides is 1. The molecule has 4 amide bonds. The molecule has 0 bridgehead atoms. The molecule has 19 heteroatoms. The summed E-state index contributed by atoms with van der Waals surface area (Å²) in [6.07, 6.45) is -5.97. The third-order valence-electron chi connectivity index (χ3n) is 11.3. The van der Waals surface area contributed by atoms with Crippen molar-refractivity contribution < 1.29 is 57.9 Å². The minimum absolute atomic E-state index is 0.128. The van der Waals surface area contributed by atoms with Crippen molar-refractivity contribution in [3.8, 4) is 17.1 Å². The number of amides is 4. The number of methoxy groups -OCH3 is 1. The predicted molar refractivity (Wildman–Crippen MR) is 219 cm³/mol. The van der Waals surface area contributed by atoms with Gasteiger partial charge in [-0.3, -0.25) is 14.4 Å². The van der Waals surface area contributed by atoms with Gasteiger partial charge in [-0.2, -0.15) is 0 Å². The van der Waals surface area contributed by atoms with Gasteiger partial charge in [0.1, 0.15) is 42.8 Å². The predicted octanol–water partition coefficient (Wildman–Crippen LogP) is 1.70. The number of pyridine rings is 2. The molecule has 5 heterocycles. The second-order valence-electron chi connectivity index (χ2n) is 15.8. The number of carbonyl (C=O) groups excluding carboxylic acids is 5.